The van der Waals surface area contributed by atoms with Gasteiger partial charge in [0.15, 0.2) is 18.1 Å². The summed E-state index contributed by atoms with van der Waals surface area (Å²) in [5.41, 5.74) is 6.13. The van der Waals surface area contributed by atoms with Gasteiger partial charge >= 0.3 is 0 Å². The Labute approximate surface area is 153 Å². The average Bonchev–Trinajstić information content (AvgIpc) is 2.63. The average molecular weight is 356 g/mol. The zero-order valence-corrected chi connectivity index (χ0v) is 15.8. The number of hydrogen-bond donors (Lipinski definition) is 1. The fraction of sp³-hybridized carbons (Fsp3) is 0.300. The van der Waals surface area contributed by atoms with E-state index >= 15 is 0 Å². The number of carbonyl (C=O) groups is 1. The summed E-state index contributed by atoms with van der Waals surface area (Å²) in [4.78, 5) is 12.0. The summed E-state index contributed by atoms with van der Waals surface area (Å²) in [6.07, 6.45) is 0. The molecule has 0 fully saturated rings. The Hall–Kier alpha value is -3.02. The molecule has 0 saturated heterocycles. The number of nitrogens with one attached hydrogen (secondary N) is 1. The van der Waals surface area contributed by atoms with Crippen LogP contribution in [0.5, 0.6) is 17.2 Å². The Kier molecular flexibility index (Phi) is 6.60. The number of benzene rings is 2. The maximum Gasteiger partial charge on any atom is 0.277 e. The minimum Gasteiger partial charge on any atom is -0.493 e. The Balaban J connectivity index is 1.96. The maximum absolute atomic E-state index is 12.0. The molecule has 1 N–H and O–H groups in total. The monoisotopic (exact) mass is 356 g/mol. The number of carbonyl (C=O) groups excluding carboxylic acids is 1. The standard InChI is InChI=1S/C20H24N2O4/c1-13-8-14(2)10-17(9-13)26-12-20(23)22-21-15(3)16-6-7-18(24-4)19(11-16)25-5/h6-11H,12H2,1-5H3,(H,22,23)/b21-15+. The van der Waals surface area contributed by atoms with E-state index in [9.17, 15) is 4.79 Å². The third-order valence-electron chi connectivity index (χ3n) is 3.71. The summed E-state index contributed by atoms with van der Waals surface area (Å²) in [5, 5.41) is 4.11. The van der Waals surface area contributed by atoms with Crippen molar-refractivity contribution in [1.82, 2.24) is 5.43 Å². The molecule has 0 spiro atoms. The van der Waals surface area contributed by atoms with Crippen molar-refractivity contribution >= 4 is 11.6 Å². The number of hydrogen-bond acceptors (Lipinski definition) is 5. The van der Waals surface area contributed by atoms with E-state index in [2.05, 4.69) is 10.5 Å². The zero-order valence-electron chi connectivity index (χ0n) is 15.8. The van der Waals surface area contributed by atoms with E-state index in [1.54, 1.807) is 33.3 Å². The van der Waals surface area contributed by atoms with Gasteiger partial charge in [0.05, 0.1) is 19.9 Å². The van der Waals surface area contributed by atoms with Crippen LogP contribution in [0.25, 0.3) is 0 Å². The molecule has 2 rings (SSSR count). The van der Waals surface area contributed by atoms with Crippen LogP contribution in [0.15, 0.2) is 41.5 Å². The van der Waals surface area contributed by atoms with E-state index < -0.39 is 0 Å². The second-order valence-corrected chi connectivity index (χ2v) is 5.91. The molecular formula is C20H24N2O4. The summed E-state index contributed by atoms with van der Waals surface area (Å²) >= 11 is 0. The lowest BCUT2D eigenvalue weighted by Crippen LogP contribution is -2.25. The highest BCUT2D eigenvalue weighted by Crippen LogP contribution is 2.27. The first-order valence-electron chi connectivity index (χ1n) is 8.19. The van der Waals surface area contributed by atoms with Crippen LogP contribution in [0.2, 0.25) is 0 Å². The van der Waals surface area contributed by atoms with Crippen LogP contribution in [0, 0.1) is 13.8 Å². The highest BCUT2D eigenvalue weighted by Gasteiger charge is 2.08. The van der Waals surface area contributed by atoms with Crippen LogP contribution in [0.3, 0.4) is 0 Å². The molecular weight excluding hydrogens is 332 g/mol. The molecule has 0 aromatic heterocycles. The molecule has 6 heteroatoms. The van der Waals surface area contributed by atoms with Crippen LogP contribution >= 0.6 is 0 Å². The Morgan fingerprint density at radius 3 is 2.27 bits per heavy atom. The third-order valence-corrected chi connectivity index (χ3v) is 3.71. The Bertz CT molecular complexity index is 795. The van der Waals surface area contributed by atoms with Gasteiger partial charge in [-0.15, -0.1) is 0 Å². The number of rotatable bonds is 7. The molecule has 6 nitrogen and oxygen atoms in total. The third kappa shape index (κ3) is 5.24. The molecule has 0 radical (unpaired) electrons. The molecule has 0 aliphatic rings. The van der Waals surface area contributed by atoms with Gasteiger partial charge in [0.1, 0.15) is 5.75 Å². The van der Waals surface area contributed by atoms with Gasteiger partial charge in [0.2, 0.25) is 0 Å². The van der Waals surface area contributed by atoms with Crippen molar-refractivity contribution in [2.75, 3.05) is 20.8 Å². The number of ether oxygens (including phenoxy) is 3. The molecule has 2 aromatic rings. The van der Waals surface area contributed by atoms with Crippen molar-refractivity contribution in [1.29, 1.82) is 0 Å². The van der Waals surface area contributed by atoms with Gasteiger partial charge in [-0.05, 0) is 62.2 Å². The van der Waals surface area contributed by atoms with Crippen LogP contribution in [-0.2, 0) is 4.79 Å². The summed E-state index contributed by atoms with van der Waals surface area (Å²) in [6, 6.07) is 11.3. The van der Waals surface area contributed by atoms with Crippen LogP contribution in [0.1, 0.15) is 23.6 Å². The van der Waals surface area contributed by atoms with Crippen molar-refractivity contribution in [2.45, 2.75) is 20.8 Å². The van der Waals surface area contributed by atoms with E-state index in [4.69, 9.17) is 14.2 Å². The molecule has 26 heavy (non-hydrogen) atoms. The van der Waals surface area contributed by atoms with E-state index in [1.165, 1.54) is 0 Å². The SMILES string of the molecule is COc1ccc(/C(C)=N/NC(=O)COc2cc(C)cc(C)c2)cc1OC. The predicted molar refractivity (Wildman–Crippen MR) is 101 cm³/mol. The zero-order chi connectivity index (χ0) is 19.1. The molecule has 2 aromatic carbocycles. The van der Waals surface area contributed by atoms with E-state index in [0.717, 1.165) is 16.7 Å². The predicted octanol–water partition coefficient (Wildman–Crippen LogP) is 3.24. The highest BCUT2D eigenvalue weighted by atomic mass is 16.5. The van der Waals surface area contributed by atoms with Gasteiger partial charge in [-0.3, -0.25) is 4.79 Å². The van der Waals surface area contributed by atoms with Gasteiger partial charge < -0.3 is 14.2 Å². The van der Waals surface area contributed by atoms with Gasteiger partial charge in [0, 0.05) is 5.56 Å². The van der Waals surface area contributed by atoms with Crippen molar-refractivity contribution in [3.8, 4) is 17.2 Å². The van der Waals surface area contributed by atoms with Gasteiger partial charge in [-0.1, -0.05) is 6.07 Å². The molecule has 0 aliphatic heterocycles. The second kappa shape index (κ2) is 8.89. The van der Waals surface area contributed by atoms with Crippen LogP contribution < -0.4 is 19.6 Å². The lowest BCUT2D eigenvalue weighted by atomic mass is 10.1. The summed E-state index contributed by atoms with van der Waals surface area (Å²) in [7, 11) is 3.15. The normalized spacial score (nSPS) is 11.0. The number of aryl methyl sites for hydroxylation is 2. The minimum absolute atomic E-state index is 0.106. The molecule has 0 atom stereocenters. The van der Waals surface area contributed by atoms with Crippen LogP contribution in [0.4, 0.5) is 0 Å². The first kappa shape index (κ1) is 19.3. The molecule has 0 bridgehead atoms. The van der Waals surface area contributed by atoms with E-state index in [-0.39, 0.29) is 12.5 Å². The van der Waals surface area contributed by atoms with Crippen molar-refractivity contribution < 1.29 is 19.0 Å². The Morgan fingerprint density at radius 1 is 1.00 bits per heavy atom. The lowest BCUT2D eigenvalue weighted by molar-refractivity contribution is -0.123. The molecule has 1 amide bonds. The van der Waals surface area contributed by atoms with Gasteiger partial charge in [-0.25, -0.2) is 5.43 Å². The minimum atomic E-state index is -0.330. The summed E-state index contributed by atoms with van der Waals surface area (Å²) in [5.74, 6) is 1.57. The number of hydrazone groups is 1. The summed E-state index contributed by atoms with van der Waals surface area (Å²) in [6.45, 7) is 5.66. The van der Waals surface area contributed by atoms with Crippen molar-refractivity contribution in [3.63, 3.8) is 0 Å². The fourth-order valence-corrected chi connectivity index (χ4v) is 2.47. The molecule has 0 heterocycles. The molecule has 138 valence electrons. The van der Waals surface area contributed by atoms with Crippen LogP contribution in [-0.4, -0.2) is 32.4 Å². The van der Waals surface area contributed by atoms with Crippen molar-refractivity contribution in [3.05, 3.63) is 53.1 Å². The quantitative estimate of drug-likeness (QED) is 0.611. The van der Waals surface area contributed by atoms with Gasteiger partial charge in [0.25, 0.3) is 5.91 Å². The summed E-state index contributed by atoms with van der Waals surface area (Å²) < 4.78 is 16.0. The van der Waals surface area contributed by atoms with E-state index in [0.29, 0.717) is 23.0 Å². The first-order chi connectivity index (χ1) is 12.4. The lowest BCUT2D eigenvalue weighted by Gasteiger charge is -2.10. The maximum atomic E-state index is 12.0. The smallest absolute Gasteiger partial charge is 0.277 e. The Morgan fingerprint density at radius 2 is 1.65 bits per heavy atom. The topological polar surface area (TPSA) is 69.2 Å². The fourth-order valence-electron chi connectivity index (χ4n) is 2.47. The molecule has 0 saturated carbocycles. The van der Waals surface area contributed by atoms with Gasteiger partial charge in [-0.2, -0.15) is 5.10 Å². The second-order valence-electron chi connectivity index (χ2n) is 5.91. The largest absolute Gasteiger partial charge is 0.493 e. The van der Waals surface area contributed by atoms with Crippen molar-refractivity contribution in [2.24, 2.45) is 5.10 Å². The van der Waals surface area contributed by atoms with E-state index in [1.807, 2.05) is 38.1 Å². The highest BCUT2D eigenvalue weighted by molar-refractivity contribution is 5.99. The number of methoxy groups -OCH3 is 2. The number of amides is 1. The number of nitrogens with zero attached hydrogens (tertiary/aromatic N) is 1. The molecule has 0 unspecified atom stereocenters. The first-order valence-corrected chi connectivity index (χ1v) is 8.19. The molecule has 0 aliphatic carbocycles.